The average Bonchev–Trinajstić information content (AvgIpc) is 2.51. The van der Waals surface area contributed by atoms with Crippen molar-refractivity contribution in [1.29, 1.82) is 0 Å². The Kier molecular flexibility index (Phi) is 11.6. The van der Waals surface area contributed by atoms with E-state index in [0.29, 0.717) is 12.5 Å². The fourth-order valence-electron chi connectivity index (χ4n) is 2.23. The van der Waals surface area contributed by atoms with Crippen LogP contribution in [0, 0.1) is 11.8 Å². The highest BCUT2D eigenvalue weighted by Crippen LogP contribution is 2.27. The lowest BCUT2D eigenvalue weighted by Gasteiger charge is -2.23. The highest BCUT2D eigenvalue weighted by molar-refractivity contribution is 5.13. The third-order valence-electron chi connectivity index (χ3n) is 3.64. The summed E-state index contributed by atoms with van der Waals surface area (Å²) in [4.78, 5) is 0. The van der Waals surface area contributed by atoms with E-state index in [1.165, 1.54) is 31.2 Å². The molecular weight excluding hydrogens is 236 g/mol. The van der Waals surface area contributed by atoms with Gasteiger partial charge < -0.3 is 10.2 Å². The number of aliphatic hydroxyl groups excluding tert-OH is 2. The normalized spacial score (nSPS) is 21.5. The zero-order valence-electron chi connectivity index (χ0n) is 12.7. The maximum Gasteiger partial charge on any atom is 0.0459 e. The summed E-state index contributed by atoms with van der Waals surface area (Å²) in [7, 11) is 1.00. The molecule has 110 valence electrons. The molecule has 1 aromatic carbocycles. The SMILES string of the molecule is CC1CCC(CO)CC1.CCc1ccccc1.CO. The van der Waals surface area contributed by atoms with Crippen molar-refractivity contribution in [2.45, 2.75) is 46.0 Å². The molecule has 1 saturated carbocycles. The van der Waals surface area contributed by atoms with Gasteiger partial charge in [0.25, 0.3) is 0 Å². The minimum absolute atomic E-state index is 0.409. The Hall–Kier alpha value is -0.860. The molecule has 19 heavy (non-hydrogen) atoms. The zero-order chi connectivity index (χ0) is 14.5. The molecule has 0 atom stereocenters. The third-order valence-corrected chi connectivity index (χ3v) is 3.64. The fourth-order valence-corrected chi connectivity index (χ4v) is 2.23. The molecule has 1 aliphatic rings. The molecule has 0 bridgehead atoms. The van der Waals surface area contributed by atoms with Crippen molar-refractivity contribution < 1.29 is 10.2 Å². The lowest BCUT2D eigenvalue weighted by atomic mass is 9.84. The van der Waals surface area contributed by atoms with Gasteiger partial charge in [-0.2, -0.15) is 0 Å². The van der Waals surface area contributed by atoms with Gasteiger partial charge in [0.05, 0.1) is 0 Å². The van der Waals surface area contributed by atoms with Gasteiger partial charge in [-0.25, -0.2) is 0 Å². The van der Waals surface area contributed by atoms with Crippen molar-refractivity contribution in [2.75, 3.05) is 13.7 Å². The quantitative estimate of drug-likeness (QED) is 0.857. The number of aliphatic hydroxyl groups is 2. The maximum absolute atomic E-state index is 8.78. The van der Waals surface area contributed by atoms with Gasteiger partial charge >= 0.3 is 0 Å². The topological polar surface area (TPSA) is 40.5 Å². The Labute approximate surface area is 118 Å². The monoisotopic (exact) mass is 266 g/mol. The van der Waals surface area contributed by atoms with Crippen molar-refractivity contribution in [3.05, 3.63) is 35.9 Å². The van der Waals surface area contributed by atoms with Crippen molar-refractivity contribution in [1.82, 2.24) is 0 Å². The Bertz CT molecular complexity index is 277. The molecule has 1 aromatic rings. The van der Waals surface area contributed by atoms with Crippen LogP contribution in [0.15, 0.2) is 30.3 Å². The largest absolute Gasteiger partial charge is 0.400 e. The first kappa shape index (κ1) is 18.1. The van der Waals surface area contributed by atoms with Crippen LogP contribution in [-0.4, -0.2) is 23.9 Å². The third kappa shape index (κ3) is 8.79. The van der Waals surface area contributed by atoms with Gasteiger partial charge in [-0.3, -0.25) is 0 Å². The fraction of sp³-hybridized carbons (Fsp3) is 0.647. The number of aryl methyl sites for hydroxylation is 1. The molecule has 2 nitrogen and oxygen atoms in total. The lowest BCUT2D eigenvalue weighted by molar-refractivity contribution is 0.172. The second-order valence-electron chi connectivity index (χ2n) is 5.15. The van der Waals surface area contributed by atoms with Crippen LogP contribution in [0.25, 0.3) is 0 Å². The van der Waals surface area contributed by atoms with Crippen LogP contribution in [0.4, 0.5) is 0 Å². The van der Waals surface area contributed by atoms with Crippen LogP contribution in [0.2, 0.25) is 0 Å². The van der Waals surface area contributed by atoms with Gasteiger partial charge in [0.1, 0.15) is 0 Å². The van der Waals surface area contributed by atoms with E-state index in [2.05, 4.69) is 38.1 Å². The van der Waals surface area contributed by atoms with E-state index in [1.807, 2.05) is 6.07 Å². The van der Waals surface area contributed by atoms with Crippen molar-refractivity contribution >= 4 is 0 Å². The van der Waals surface area contributed by atoms with Gasteiger partial charge in [-0.05, 0) is 36.7 Å². The number of rotatable bonds is 2. The van der Waals surface area contributed by atoms with Crippen molar-refractivity contribution in [2.24, 2.45) is 11.8 Å². The molecule has 0 unspecified atom stereocenters. The van der Waals surface area contributed by atoms with E-state index in [0.717, 1.165) is 19.4 Å². The van der Waals surface area contributed by atoms with Crippen LogP contribution in [-0.2, 0) is 6.42 Å². The van der Waals surface area contributed by atoms with Crippen LogP contribution >= 0.6 is 0 Å². The Morgan fingerprint density at radius 3 is 1.89 bits per heavy atom. The zero-order valence-corrected chi connectivity index (χ0v) is 12.7. The Morgan fingerprint density at radius 2 is 1.53 bits per heavy atom. The van der Waals surface area contributed by atoms with Gasteiger partial charge in [0, 0.05) is 13.7 Å². The van der Waals surface area contributed by atoms with Crippen LogP contribution in [0.5, 0.6) is 0 Å². The first-order chi connectivity index (χ1) is 9.26. The smallest absolute Gasteiger partial charge is 0.0459 e. The second kappa shape index (κ2) is 12.2. The summed E-state index contributed by atoms with van der Waals surface area (Å²) in [6.45, 7) is 4.87. The van der Waals surface area contributed by atoms with E-state index in [1.54, 1.807) is 0 Å². The minimum Gasteiger partial charge on any atom is -0.400 e. The van der Waals surface area contributed by atoms with Crippen LogP contribution in [0.1, 0.15) is 45.1 Å². The van der Waals surface area contributed by atoms with E-state index in [-0.39, 0.29) is 0 Å². The number of benzene rings is 1. The molecule has 0 aromatic heterocycles. The Morgan fingerprint density at radius 1 is 1.00 bits per heavy atom. The highest BCUT2D eigenvalue weighted by Gasteiger charge is 2.16. The number of hydrogen-bond acceptors (Lipinski definition) is 2. The predicted molar refractivity (Wildman–Crippen MR) is 82.2 cm³/mol. The molecule has 2 N–H and O–H groups in total. The summed E-state index contributed by atoms with van der Waals surface area (Å²) in [6, 6.07) is 10.5. The molecule has 0 radical (unpaired) electrons. The molecular formula is C17H30O2. The molecule has 2 rings (SSSR count). The minimum atomic E-state index is 0.409. The average molecular weight is 266 g/mol. The van der Waals surface area contributed by atoms with Gasteiger partial charge in [0.2, 0.25) is 0 Å². The van der Waals surface area contributed by atoms with Crippen molar-refractivity contribution in [3.8, 4) is 0 Å². The van der Waals surface area contributed by atoms with E-state index in [4.69, 9.17) is 10.2 Å². The van der Waals surface area contributed by atoms with Crippen LogP contribution < -0.4 is 0 Å². The molecule has 0 amide bonds. The summed E-state index contributed by atoms with van der Waals surface area (Å²) in [5.74, 6) is 1.54. The first-order valence-corrected chi connectivity index (χ1v) is 7.35. The van der Waals surface area contributed by atoms with E-state index < -0.39 is 0 Å². The standard InChI is InChI=1S/C8H16O.C8H10.CH4O/c1-7-2-4-8(6-9)5-3-7;1-2-8-6-4-3-5-7-8;1-2/h7-9H,2-6H2,1H3;3-7H,2H2,1H3;2H,1H3. The molecule has 0 saturated heterocycles. The molecule has 0 heterocycles. The molecule has 2 heteroatoms. The summed E-state index contributed by atoms with van der Waals surface area (Å²) < 4.78 is 0. The summed E-state index contributed by atoms with van der Waals surface area (Å²) in [5.41, 5.74) is 1.41. The molecule has 1 aliphatic carbocycles. The highest BCUT2D eigenvalue weighted by atomic mass is 16.3. The van der Waals surface area contributed by atoms with Crippen LogP contribution in [0.3, 0.4) is 0 Å². The van der Waals surface area contributed by atoms with Gasteiger partial charge in [-0.15, -0.1) is 0 Å². The van der Waals surface area contributed by atoms with Gasteiger partial charge in [0.15, 0.2) is 0 Å². The summed E-state index contributed by atoms with van der Waals surface area (Å²) in [5, 5.41) is 15.8. The number of hydrogen-bond donors (Lipinski definition) is 2. The predicted octanol–water partition coefficient (Wildman–Crippen LogP) is 3.66. The van der Waals surface area contributed by atoms with E-state index in [9.17, 15) is 0 Å². The molecule has 0 spiro atoms. The first-order valence-electron chi connectivity index (χ1n) is 7.35. The molecule has 1 fully saturated rings. The van der Waals surface area contributed by atoms with Gasteiger partial charge in [-0.1, -0.05) is 57.0 Å². The molecule has 0 aliphatic heterocycles. The Balaban J connectivity index is 0.000000303. The van der Waals surface area contributed by atoms with Crippen molar-refractivity contribution in [3.63, 3.8) is 0 Å². The lowest BCUT2D eigenvalue weighted by Crippen LogP contribution is -2.14. The second-order valence-corrected chi connectivity index (χ2v) is 5.15. The summed E-state index contributed by atoms with van der Waals surface area (Å²) >= 11 is 0. The maximum atomic E-state index is 8.78. The van der Waals surface area contributed by atoms with E-state index >= 15 is 0 Å². The summed E-state index contributed by atoms with van der Waals surface area (Å²) in [6.07, 6.45) is 6.28.